The van der Waals surface area contributed by atoms with Crippen molar-refractivity contribution in [1.29, 1.82) is 0 Å². The smallest absolute Gasteiger partial charge is 0.263 e. The number of H-pyrrole nitrogens is 1. The largest absolute Gasteiger partial charge is 0.268 e. The van der Waals surface area contributed by atoms with Crippen molar-refractivity contribution in [3.05, 3.63) is 34.4 Å². The molecular weight excluding hydrogens is 142 g/mol. The summed E-state index contributed by atoms with van der Waals surface area (Å²) < 4.78 is 1.61. The van der Waals surface area contributed by atoms with Gasteiger partial charge in [0.25, 0.3) is 5.56 Å². The highest BCUT2D eigenvalue weighted by atomic mass is 16.1. The molecule has 0 aliphatic heterocycles. The van der Waals surface area contributed by atoms with E-state index in [4.69, 9.17) is 0 Å². The second kappa shape index (κ2) is 1.95. The molecule has 4 heteroatoms. The van der Waals surface area contributed by atoms with E-state index in [2.05, 4.69) is 10.1 Å². The minimum atomic E-state index is -0.104. The highest BCUT2D eigenvalue weighted by Crippen LogP contribution is 2.00. The average Bonchev–Trinajstić information content (AvgIpc) is 2.34. The van der Waals surface area contributed by atoms with Crippen LogP contribution in [0.15, 0.2) is 23.3 Å². The van der Waals surface area contributed by atoms with Crippen LogP contribution < -0.4 is 5.56 Å². The zero-order valence-corrected chi connectivity index (χ0v) is 6.03. The van der Waals surface area contributed by atoms with Crippen molar-refractivity contribution in [2.24, 2.45) is 0 Å². The van der Waals surface area contributed by atoms with Crippen molar-refractivity contribution in [1.82, 2.24) is 14.6 Å². The van der Waals surface area contributed by atoms with Gasteiger partial charge in [0, 0.05) is 18.5 Å². The number of fused-ring (bicyclic) bond motifs is 1. The second-order valence-electron chi connectivity index (χ2n) is 2.42. The Labute approximate surface area is 62.5 Å². The first kappa shape index (κ1) is 6.15. The fourth-order valence-corrected chi connectivity index (χ4v) is 1.10. The molecule has 11 heavy (non-hydrogen) atoms. The van der Waals surface area contributed by atoms with Crippen LogP contribution in [-0.2, 0) is 0 Å². The molecule has 0 amide bonds. The van der Waals surface area contributed by atoms with Crippen molar-refractivity contribution < 1.29 is 0 Å². The van der Waals surface area contributed by atoms with Gasteiger partial charge in [0.15, 0.2) is 5.65 Å². The van der Waals surface area contributed by atoms with E-state index in [0.717, 1.165) is 11.2 Å². The van der Waals surface area contributed by atoms with Crippen LogP contribution in [0.1, 0.15) is 5.56 Å². The van der Waals surface area contributed by atoms with E-state index in [9.17, 15) is 4.79 Å². The molecule has 2 aromatic rings. The van der Waals surface area contributed by atoms with Gasteiger partial charge in [-0.05, 0) is 12.5 Å². The minimum Gasteiger partial charge on any atom is -0.268 e. The normalized spacial score (nSPS) is 10.6. The average molecular weight is 149 g/mol. The van der Waals surface area contributed by atoms with Crippen LogP contribution in [0, 0.1) is 6.92 Å². The third kappa shape index (κ3) is 0.832. The van der Waals surface area contributed by atoms with Gasteiger partial charge in [-0.2, -0.15) is 0 Å². The Hall–Kier alpha value is -1.58. The van der Waals surface area contributed by atoms with E-state index in [-0.39, 0.29) is 5.56 Å². The number of aromatic amines is 1. The fraction of sp³-hybridized carbons (Fsp3) is 0.143. The maximum absolute atomic E-state index is 10.9. The molecule has 0 bridgehead atoms. The molecule has 1 N–H and O–H groups in total. The number of hydrogen-bond donors (Lipinski definition) is 1. The zero-order chi connectivity index (χ0) is 7.84. The lowest BCUT2D eigenvalue weighted by Crippen LogP contribution is -2.10. The summed E-state index contributed by atoms with van der Waals surface area (Å²) in [4.78, 5) is 15.0. The van der Waals surface area contributed by atoms with Crippen molar-refractivity contribution in [2.75, 3.05) is 0 Å². The Balaban J connectivity index is 3.02. The Morgan fingerprint density at radius 1 is 1.64 bits per heavy atom. The Kier molecular flexibility index (Phi) is 1.09. The number of rotatable bonds is 0. The van der Waals surface area contributed by atoms with E-state index in [1.807, 2.05) is 6.92 Å². The second-order valence-corrected chi connectivity index (χ2v) is 2.42. The van der Waals surface area contributed by atoms with Crippen LogP contribution in [0.2, 0.25) is 0 Å². The number of aryl methyl sites for hydroxylation is 1. The molecule has 56 valence electrons. The summed E-state index contributed by atoms with van der Waals surface area (Å²) in [6, 6.07) is 1.53. The monoisotopic (exact) mass is 149 g/mol. The summed E-state index contributed by atoms with van der Waals surface area (Å²) in [5, 5.41) is 2.61. The maximum atomic E-state index is 10.9. The predicted octanol–water partition coefficient (Wildman–Crippen LogP) is 0.331. The number of imidazole rings is 1. The number of hydrogen-bond acceptors (Lipinski definition) is 2. The SMILES string of the molecule is Cc1cc(=O)[nH]n2ccnc12. The van der Waals surface area contributed by atoms with Crippen LogP contribution in [0.5, 0.6) is 0 Å². The van der Waals surface area contributed by atoms with Crippen LogP contribution in [0.4, 0.5) is 0 Å². The molecule has 0 saturated heterocycles. The molecule has 2 aromatic heterocycles. The molecule has 0 aromatic carbocycles. The third-order valence-corrected chi connectivity index (χ3v) is 1.57. The molecule has 0 aliphatic carbocycles. The fourth-order valence-electron chi connectivity index (χ4n) is 1.10. The summed E-state index contributed by atoms with van der Waals surface area (Å²) in [6.45, 7) is 1.86. The lowest BCUT2D eigenvalue weighted by molar-refractivity contribution is 0.896. The lowest BCUT2D eigenvalue weighted by Gasteiger charge is -1.94. The van der Waals surface area contributed by atoms with Crippen LogP contribution in [-0.4, -0.2) is 14.6 Å². The standard InChI is InChI=1S/C7H7N3O/c1-5-4-6(11)9-10-3-2-8-7(5)10/h2-4H,1H3,(H,9,11). The molecule has 0 spiro atoms. The summed E-state index contributed by atoms with van der Waals surface area (Å²) in [6.07, 6.45) is 3.36. The molecule has 0 unspecified atom stereocenters. The van der Waals surface area contributed by atoms with Gasteiger partial charge < -0.3 is 0 Å². The van der Waals surface area contributed by atoms with Crippen molar-refractivity contribution in [3.63, 3.8) is 0 Å². The first-order valence-corrected chi connectivity index (χ1v) is 3.30. The van der Waals surface area contributed by atoms with Crippen molar-refractivity contribution >= 4 is 5.65 Å². The lowest BCUT2D eigenvalue weighted by atomic mass is 10.3. The highest BCUT2D eigenvalue weighted by molar-refractivity contribution is 5.44. The Bertz CT molecular complexity index is 440. The Morgan fingerprint density at radius 2 is 2.45 bits per heavy atom. The summed E-state index contributed by atoms with van der Waals surface area (Å²) in [5.41, 5.74) is 1.58. The van der Waals surface area contributed by atoms with E-state index < -0.39 is 0 Å². The number of nitrogens with zero attached hydrogens (tertiary/aromatic N) is 2. The van der Waals surface area contributed by atoms with Crippen molar-refractivity contribution in [2.45, 2.75) is 6.92 Å². The van der Waals surface area contributed by atoms with E-state index >= 15 is 0 Å². The predicted molar refractivity (Wildman–Crippen MR) is 40.5 cm³/mol. The van der Waals surface area contributed by atoms with Gasteiger partial charge in [-0.15, -0.1) is 0 Å². The molecule has 2 heterocycles. The molecular formula is C7H7N3O. The van der Waals surface area contributed by atoms with Crippen LogP contribution in [0.3, 0.4) is 0 Å². The summed E-state index contributed by atoms with van der Waals surface area (Å²) in [7, 11) is 0. The highest BCUT2D eigenvalue weighted by Gasteiger charge is 1.97. The molecule has 0 atom stereocenters. The maximum Gasteiger partial charge on any atom is 0.263 e. The van der Waals surface area contributed by atoms with E-state index in [1.165, 1.54) is 6.07 Å². The molecule has 0 radical (unpaired) electrons. The summed E-state index contributed by atoms with van der Waals surface area (Å²) >= 11 is 0. The van der Waals surface area contributed by atoms with Gasteiger partial charge >= 0.3 is 0 Å². The topological polar surface area (TPSA) is 50.2 Å². The Morgan fingerprint density at radius 3 is 3.27 bits per heavy atom. The van der Waals surface area contributed by atoms with E-state index in [0.29, 0.717) is 0 Å². The minimum absolute atomic E-state index is 0.104. The van der Waals surface area contributed by atoms with Crippen LogP contribution in [0.25, 0.3) is 5.65 Å². The molecule has 0 fully saturated rings. The van der Waals surface area contributed by atoms with Crippen molar-refractivity contribution in [3.8, 4) is 0 Å². The molecule has 0 aliphatic rings. The first-order chi connectivity index (χ1) is 5.27. The molecule has 2 rings (SSSR count). The number of nitrogens with one attached hydrogen (secondary N) is 1. The first-order valence-electron chi connectivity index (χ1n) is 3.30. The van der Waals surface area contributed by atoms with Crippen LogP contribution >= 0.6 is 0 Å². The summed E-state index contributed by atoms with van der Waals surface area (Å²) in [5.74, 6) is 0. The zero-order valence-electron chi connectivity index (χ0n) is 6.03. The molecule has 0 saturated carbocycles. The van der Waals surface area contributed by atoms with Gasteiger partial charge in [0.1, 0.15) is 0 Å². The quantitative estimate of drug-likeness (QED) is 0.586. The van der Waals surface area contributed by atoms with Gasteiger partial charge in [-0.3, -0.25) is 9.89 Å². The van der Waals surface area contributed by atoms with Gasteiger partial charge in [0.2, 0.25) is 0 Å². The third-order valence-electron chi connectivity index (χ3n) is 1.57. The molecule has 4 nitrogen and oxygen atoms in total. The number of aromatic nitrogens is 3. The van der Waals surface area contributed by atoms with E-state index in [1.54, 1.807) is 16.9 Å². The van der Waals surface area contributed by atoms with Gasteiger partial charge in [-0.1, -0.05) is 0 Å². The van der Waals surface area contributed by atoms with Gasteiger partial charge in [-0.25, -0.2) is 9.50 Å². The van der Waals surface area contributed by atoms with Gasteiger partial charge in [0.05, 0.1) is 0 Å².